The molecule has 1 aromatic carbocycles. The van der Waals surface area contributed by atoms with Crippen molar-refractivity contribution in [2.75, 3.05) is 5.32 Å². The quantitative estimate of drug-likeness (QED) is 0.668. The lowest BCUT2D eigenvalue weighted by molar-refractivity contribution is -0.772. The zero-order chi connectivity index (χ0) is 15.4. The minimum absolute atomic E-state index is 0.203. The standard InChI is InChI=1S/C13H14ClN3O3S/c1-3-10(21-12-13(19)20-16-17(12)2)11(18)15-9-6-4-5-8(14)7-9/h4-7,10H,3H2,1-2H3,(H-,15,16,18,19). The number of aromatic nitrogens is 2. The van der Waals surface area contributed by atoms with Gasteiger partial charge in [-0.15, -0.1) is 0 Å². The molecule has 1 atom stereocenters. The predicted octanol–water partition coefficient (Wildman–Crippen LogP) is 1.74. The minimum atomic E-state index is -0.545. The van der Waals surface area contributed by atoms with Gasteiger partial charge in [0, 0.05) is 10.7 Å². The molecule has 2 rings (SSSR count). The number of benzene rings is 1. The second-order valence-corrected chi connectivity index (χ2v) is 5.93. The number of hydrogen-bond acceptors (Lipinski definition) is 5. The zero-order valence-corrected chi connectivity index (χ0v) is 13.1. The van der Waals surface area contributed by atoms with Crippen LogP contribution >= 0.6 is 23.4 Å². The number of carbonyl (C=O) groups excluding carboxylic acids is 1. The molecule has 0 aliphatic rings. The van der Waals surface area contributed by atoms with Gasteiger partial charge in [0.15, 0.2) is 13.0 Å². The predicted molar refractivity (Wildman–Crippen MR) is 77.1 cm³/mol. The number of rotatable bonds is 5. The van der Waals surface area contributed by atoms with E-state index in [9.17, 15) is 9.90 Å². The third kappa shape index (κ3) is 3.89. The number of carbonyl (C=O) groups is 1. The van der Waals surface area contributed by atoms with Gasteiger partial charge >= 0.3 is 0 Å². The molecule has 1 N–H and O–H groups in total. The first-order chi connectivity index (χ1) is 10.0. The van der Waals surface area contributed by atoms with Gasteiger partial charge in [0.25, 0.3) is 5.03 Å². The van der Waals surface area contributed by atoms with Gasteiger partial charge < -0.3 is 14.9 Å². The molecule has 1 unspecified atom stereocenters. The largest absolute Gasteiger partial charge is 0.538 e. The normalized spacial score (nSPS) is 12.1. The molecule has 0 spiro atoms. The minimum Gasteiger partial charge on any atom is -0.538 e. The number of thioether (sulfide) groups is 1. The Kier molecular flexibility index (Phi) is 5.08. The fourth-order valence-corrected chi connectivity index (χ4v) is 2.79. The van der Waals surface area contributed by atoms with Gasteiger partial charge in [-0.3, -0.25) is 4.79 Å². The van der Waals surface area contributed by atoms with Crippen molar-refractivity contribution in [2.45, 2.75) is 23.6 Å². The van der Waals surface area contributed by atoms with Crippen molar-refractivity contribution in [3.8, 4) is 5.95 Å². The van der Waals surface area contributed by atoms with Crippen LogP contribution in [0.2, 0.25) is 5.02 Å². The van der Waals surface area contributed by atoms with Crippen LogP contribution < -0.4 is 15.1 Å². The third-order valence-corrected chi connectivity index (χ3v) is 4.45. The molecule has 6 nitrogen and oxygen atoms in total. The molecule has 2 aromatic rings. The number of nitrogens with one attached hydrogen (secondary N) is 1. The van der Waals surface area contributed by atoms with Crippen LogP contribution in [0.3, 0.4) is 0 Å². The Morgan fingerprint density at radius 1 is 1.62 bits per heavy atom. The van der Waals surface area contributed by atoms with E-state index in [-0.39, 0.29) is 5.91 Å². The summed E-state index contributed by atoms with van der Waals surface area (Å²) in [5.41, 5.74) is 0.614. The second-order valence-electron chi connectivity index (χ2n) is 4.30. The first-order valence-electron chi connectivity index (χ1n) is 6.27. The summed E-state index contributed by atoms with van der Waals surface area (Å²) in [5, 5.41) is 18.2. The van der Waals surface area contributed by atoms with E-state index < -0.39 is 11.2 Å². The van der Waals surface area contributed by atoms with E-state index in [1.807, 2.05) is 6.92 Å². The maximum atomic E-state index is 12.3. The maximum Gasteiger partial charge on any atom is 0.291 e. The summed E-state index contributed by atoms with van der Waals surface area (Å²) in [7, 11) is 1.59. The van der Waals surface area contributed by atoms with Crippen molar-refractivity contribution in [2.24, 2.45) is 7.05 Å². The van der Waals surface area contributed by atoms with Gasteiger partial charge in [-0.05, 0) is 36.4 Å². The van der Waals surface area contributed by atoms with Crippen LogP contribution in [0.4, 0.5) is 5.69 Å². The van der Waals surface area contributed by atoms with E-state index in [1.54, 1.807) is 31.3 Å². The highest BCUT2D eigenvalue weighted by molar-refractivity contribution is 8.00. The Morgan fingerprint density at radius 3 is 2.95 bits per heavy atom. The summed E-state index contributed by atoms with van der Waals surface area (Å²) >= 11 is 7.01. The molecule has 0 radical (unpaired) electrons. The van der Waals surface area contributed by atoms with Crippen LogP contribution in [-0.2, 0) is 11.8 Å². The Bertz CT molecular complexity index is 628. The third-order valence-electron chi connectivity index (χ3n) is 2.72. The van der Waals surface area contributed by atoms with Crippen molar-refractivity contribution in [3.05, 3.63) is 29.3 Å². The van der Waals surface area contributed by atoms with E-state index >= 15 is 0 Å². The van der Waals surface area contributed by atoms with Crippen molar-refractivity contribution >= 4 is 35.0 Å². The first-order valence-corrected chi connectivity index (χ1v) is 7.53. The average Bonchev–Trinajstić information content (AvgIpc) is 2.75. The Morgan fingerprint density at radius 2 is 2.38 bits per heavy atom. The lowest BCUT2D eigenvalue weighted by Crippen LogP contribution is -2.34. The summed E-state index contributed by atoms with van der Waals surface area (Å²) in [6, 6.07) is 6.89. The highest BCUT2D eigenvalue weighted by atomic mass is 35.5. The van der Waals surface area contributed by atoms with Gasteiger partial charge in [-0.25, -0.2) is 0 Å². The van der Waals surface area contributed by atoms with Gasteiger partial charge in [0.2, 0.25) is 5.91 Å². The van der Waals surface area contributed by atoms with Crippen LogP contribution in [0.1, 0.15) is 13.3 Å². The molecule has 1 heterocycles. The number of aryl methyl sites for hydroxylation is 1. The molecule has 1 aromatic heterocycles. The number of anilines is 1. The molecule has 0 aliphatic heterocycles. The zero-order valence-electron chi connectivity index (χ0n) is 11.5. The fourth-order valence-electron chi connectivity index (χ4n) is 1.68. The molecule has 8 heteroatoms. The van der Waals surface area contributed by atoms with Gasteiger partial charge in [0.1, 0.15) is 0 Å². The highest BCUT2D eigenvalue weighted by Crippen LogP contribution is 2.28. The monoisotopic (exact) mass is 327 g/mol. The number of nitrogens with zero attached hydrogens (tertiary/aromatic N) is 2. The molecule has 0 fully saturated rings. The summed E-state index contributed by atoms with van der Waals surface area (Å²) in [6.45, 7) is 1.87. The molecule has 1 amide bonds. The molecule has 0 aliphatic carbocycles. The first kappa shape index (κ1) is 15.7. The molecule has 0 saturated heterocycles. The lowest BCUT2D eigenvalue weighted by Gasteiger charge is -2.13. The van der Waals surface area contributed by atoms with E-state index in [1.165, 1.54) is 4.68 Å². The van der Waals surface area contributed by atoms with E-state index in [2.05, 4.69) is 15.1 Å². The average molecular weight is 328 g/mol. The van der Waals surface area contributed by atoms with Gasteiger partial charge in [-0.2, -0.15) is 0 Å². The Labute approximate surface area is 131 Å². The smallest absolute Gasteiger partial charge is 0.291 e. The van der Waals surface area contributed by atoms with Crippen LogP contribution in [0, 0.1) is 0 Å². The highest BCUT2D eigenvalue weighted by Gasteiger charge is 2.25. The fraction of sp³-hybridized carbons (Fsp3) is 0.308. The lowest BCUT2D eigenvalue weighted by atomic mass is 10.3. The number of amides is 1. The molecule has 0 bridgehead atoms. The summed E-state index contributed by atoms with van der Waals surface area (Å²) in [6.07, 6.45) is 0.557. The van der Waals surface area contributed by atoms with Crippen LogP contribution in [0.15, 0.2) is 33.8 Å². The van der Waals surface area contributed by atoms with Gasteiger partial charge in [-0.1, -0.05) is 29.3 Å². The van der Waals surface area contributed by atoms with Crippen molar-refractivity contribution < 1.29 is 19.1 Å². The van der Waals surface area contributed by atoms with Crippen LogP contribution in [0.25, 0.3) is 0 Å². The molecule has 0 saturated carbocycles. The van der Waals surface area contributed by atoms with E-state index in [0.29, 0.717) is 22.2 Å². The van der Waals surface area contributed by atoms with Crippen LogP contribution in [-0.4, -0.2) is 16.4 Å². The molecule has 112 valence electrons. The van der Waals surface area contributed by atoms with E-state index in [0.717, 1.165) is 11.8 Å². The van der Waals surface area contributed by atoms with Crippen molar-refractivity contribution in [1.29, 1.82) is 0 Å². The topological polar surface area (TPSA) is 82.1 Å². The molecule has 21 heavy (non-hydrogen) atoms. The molecular formula is C13H14ClN3O3S. The summed E-state index contributed by atoms with van der Waals surface area (Å²) in [4.78, 5) is 12.3. The summed E-state index contributed by atoms with van der Waals surface area (Å²) in [5.74, 6) is -0.748. The Hall–Kier alpha value is -1.73. The number of halogens is 1. The van der Waals surface area contributed by atoms with Crippen molar-refractivity contribution in [1.82, 2.24) is 5.27 Å². The van der Waals surface area contributed by atoms with Gasteiger partial charge in [0.05, 0.1) is 10.5 Å². The van der Waals surface area contributed by atoms with Crippen molar-refractivity contribution in [3.63, 3.8) is 0 Å². The van der Waals surface area contributed by atoms with Crippen LogP contribution in [0.5, 0.6) is 5.95 Å². The SMILES string of the molecule is CCC(Sc1c([O-])on[n+]1C)C(=O)Nc1cccc(Cl)c1. The Balaban J connectivity index is 2.09. The maximum absolute atomic E-state index is 12.3. The molecular weight excluding hydrogens is 314 g/mol. The second kappa shape index (κ2) is 6.82. The van der Waals surface area contributed by atoms with E-state index in [4.69, 9.17) is 11.6 Å². The summed E-state index contributed by atoms with van der Waals surface area (Å²) < 4.78 is 5.86. The number of hydrogen-bond donors (Lipinski definition) is 1.